The highest BCUT2D eigenvalue weighted by molar-refractivity contribution is 5.27. The van der Waals surface area contributed by atoms with Crippen LogP contribution < -0.4 is 5.32 Å². The minimum Gasteiger partial charge on any atom is -0.365 e. The Labute approximate surface area is 73.4 Å². The van der Waals surface area contributed by atoms with Crippen LogP contribution in [0.1, 0.15) is 31.1 Å². The number of aromatic nitrogens is 1. The van der Waals surface area contributed by atoms with Gasteiger partial charge in [0, 0.05) is 30.9 Å². The summed E-state index contributed by atoms with van der Waals surface area (Å²) in [6.45, 7) is 5.63. The Morgan fingerprint density at radius 1 is 1.50 bits per heavy atom. The summed E-state index contributed by atoms with van der Waals surface area (Å²) >= 11 is 0. The summed E-state index contributed by atoms with van der Waals surface area (Å²) in [4.78, 5) is 3.30. The van der Waals surface area contributed by atoms with Gasteiger partial charge in [-0.25, -0.2) is 0 Å². The van der Waals surface area contributed by atoms with Gasteiger partial charge in [0.2, 0.25) is 0 Å². The zero-order chi connectivity index (χ0) is 8.55. The summed E-state index contributed by atoms with van der Waals surface area (Å²) in [6.07, 6.45) is 3.19. The summed E-state index contributed by atoms with van der Waals surface area (Å²) < 4.78 is 0. The molecule has 1 aliphatic heterocycles. The second-order valence-electron chi connectivity index (χ2n) is 3.84. The fourth-order valence-corrected chi connectivity index (χ4v) is 1.98. The average molecular weight is 164 g/mol. The third kappa shape index (κ3) is 1.16. The second kappa shape index (κ2) is 2.94. The van der Waals surface area contributed by atoms with E-state index in [1.165, 1.54) is 11.3 Å². The zero-order valence-corrected chi connectivity index (χ0v) is 7.72. The molecule has 2 heterocycles. The van der Waals surface area contributed by atoms with E-state index in [1.54, 1.807) is 0 Å². The van der Waals surface area contributed by atoms with Gasteiger partial charge in [0.25, 0.3) is 0 Å². The molecular formula is C10H16N2. The highest BCUT2D eigenvalue weighted by Crippen LogP contribution is 2.27. The first kappa shape index (κ1) is 7.87. The highest BCUT2D eigenvalue weighted by atomic mass is 14.9. The molecule has 1 atom stereocenters. The summed E-state index contributed by atoms with van der Waals surface area (Å²) in [5.74, 6) is 0.680. The van der Waals surface area contributed by atoms with Crippen LogP contribution in [0.4, 0.5) is 0 Å². The smallest absolute Gasteiger partial charge is 0.0361 e. The molecule has 0 saturated heterocycles. The number of hydrogen-bond donors (Lipinski definition) is 2. The summed E-state index contributed by atoms with van der Waals surface area (Å²) in [5, 5.41) is 3.54. The van der Waals surface area contributed by atoms with Crippen LogP contribution in [-0.4, -0.2) is 11.5 Å². The molecule has 1 aliphatic rings. The quantitative estimate of drug-likeness (QED) is 0.651. The molecular weight excluding hydrogens is 148 g/mol. The van der Waals surface area contributed by atoms with Crippen molar-refractivity contribution in [2.75, 3.05) is 6.54 Å². The molecule has 2 heteroatoms. The van der Waals surface area contributed by atoms with Crippen LogP contribution in [0.25, 0.3) is 0 Å². The van der Waals surface area contributed by atoms with Crippen LogP contribution in [0.5, 0.6) is 0 Å². The molecule has 0 amide bonds. The van der Waals surface area contributed by atoms with E-state index in [0.29, 0.717) is 12.0 Å². The molecule has 0 unspecified atom stereocenters. The lowest BCUT2D eigenvalue weighted by Gasteiger charge is -2.27. The zero-order valence-electron chi connectivity index (χ0n) is 7.72. The molecule has 0 aromatic carbocycles. The predicted octanol–water partition coefficient (Wildman–Crippen LogP) is 1.86. The van der Waals surface area contributed by atoms with Crippen molar-refractivity contribution in [1.82, 2.24) is 10.3 Å². The molecule has 12 heavy (non-hydrogen) atoms. The topological polar surface area (TPSA) is 27.8 Å². The van der Waals surface area contributed by atoms with E-state index >= 15 is 0 Å². The van der Waals surface area contributed by atoms with Crippen molar-refractivity contribution in [1.29, 1.82) is 0 Å². The van der Waals surface area contributed by atoms with Crippen molar-refractivity contribution in [3.63, 3.8) is 0 Å². The van der Waals surface area contributed by atoms with Crippen molar-refractivity contribution in [3.8, 4) is 0 Å². The van der Waals surface area contributed by atoms with Gasteiger partial charge in [-0.05, 0) is 17.5 Å². The Kier molecular flexibility index (Phi) is 1.93. The van der Waals surface area contributed by atoms with Crippen LogP contribution in [-0.2, 0) is 6.42 Å². The van der Waals surface area contributed by atoms with E-state index in [0.717, 1.165) is 13.0 Å². The Morgan fingerprint density at radius 3 is 3.08 bits per heavy atom. The van der Waals surface area contributed by atoms with Gasteiger partial charge in [-0.15, -0.1) is 0 Å². The van der Waals surface area contributed by atoms with Gasteiger partial charge in [0.15, 0.2) is 0 Å². The fraction of sp³-hybridized carbons (Fsp3) is 0.600. The number of fused-ring (bicyclic) bond motifs is 1. The molecule has 1 aromatic heterocycles. The summed E-state index contributed by atoms with van der Waals surface area (Å²) in [6, 6.07) is 2.76. The Bertz CT molecular complexity index is 263. The molecule has 0 spiro atoms. The van der Waals surface area contributed by atoms with Crippen molar-refractivity contribution in [2.45, 2.75) is 26.3 Å². The molecule has 2 nitrogen and oxygen atoms in total. The maximum Gasteiger partial charge on any atom is 0.0361 e. The third-order valence-electron chi connectivity index (χ3n) is 2.61. The fourth-order valence-electron chi connectivity index (χ4n) is 1.98. The summed E-state index contributed by atoms with van der Waals surface area (Å²) in [5.41, 5.74) is 2.89. The van der Waals surface area contributed by atoms with Crippen molar-refractivity contribution >= 4 is 0 Å². The number of rotatable bonds is 1. The van der Waals surface area contributed by atoms with E-state index in [4.69, 9.17) is 0 Å². The molecule has 0 saturated carbocycles. The lowest BCUT2D eigenvalue weighted by Crippen LogP contribution is -2.32. The molecule has 0 fully saturated rings. The molecule has 0 radical (unpaired) electrons. The predicted molar refractivity (Wildman–Crippen MR) is 50.1 cm³/mol. The lowest BCUT2D eigenvalue weighted by atomic mass is 9.92. The number of nitrogens with one attached hydrogen (secondary N) is 2. The minimum atomic E-state index is 0.556. The number of hydrogen-bond acceptors (Lipinski definition) is 1. The average Bonchev–Trinajstić information content (AvgIpc) is 2.49. The van der Waals surface area contributed by atoms with E-state index in [1.807, 2.05) is 6.20 Å². The van der Waals surface area contributed by atoms with E-state index < -0.39 is 0 Å². The van der Waals surface area contributed by atoms with Crippen molar-refractivity contribution in [3.05, 3.63) is 23.5 Å². The van der Waals surface area contributed by atoms with Gasteiger partial charge in [-0.1, -0.05) is 13.8 Å². The van der Waals surface area contributed by atoms with Crippen LogP contribution in [0.15, 0.2) is 12.3 Å². The monoisotopic (exact) mass is 164 g/mol. The van der Waals surface area contributed by atoms with Crippen LogP contribution in [0.3, 0.4) is 0 Å². The van der Waals surface area contributed by atoms with Gasteiger partial charge in [-0.3, -0.25) is 0 Å². The van der Waals surface area contributed by atoms with E-state index in [2.05, 4.69) is 30.2 Å². The largest absolute Gasteiger partial charge is 0.365 e. The normalized spacial score (nSPS) is 22.8. The van der Waals surface area contributed by atoms with E-state index in [9.17, 15) is 0 Å². The molecule has 1 aromatic rings. The van der Waals surface area contributed by atoms with Crippen molar-refractivity contribution < 1.29 is 0 Å². The highest BCUT2D eigenvalue weighted by Gasteiger charge is 2.22. The maximum absolute atomic E-state index is 3.54. The summed E-state index contributed by atoms with van der Waals surface area (Å²) in [7, 11) is 0. The Hall–Kier alpha value is -0.760. The van der Waals surface area contributed by atoms with Crippen molar-refractivity contribution in [2.24, 2.45) is 5.92 Å². The van der Waals surface area contributed by atoms with Gasteiger partial charge in [-0.2, -0.15) is 0 Å². The number of H-pyrrole nitrogens is 1. The standard InChI is InChI=1S/C10H16N2/c1-7(2)10-8-3-5-11-9(8)4-6-12-10/h3,5,7,10-12H,4,6H2,1-2H3/t10-/m0/s1. The van der Waals surface area contributed by atoms with Gasteiger partial charge >= 0.3 is 0 Å². The van der Waals surface area contributed by atoms with Gasteiger partial charge in [0.05, 0.1) is 0 Å². The van der Waals surface area contributed by atoms with Crippen LogP contribution >= 0.6 is 0 Å². The molecule has 0 bridgehead atoms. The maximum atomic E-state index is 3.54. The Morgan fingerprint density at radius 2 is 2.33 bits per heavy atom. The Balaban J connectivity index is 2.31. The first-order valence-corrected chi connectivity index (χ1v) is 4.68. The SMILES string of the molecule is CC(C)[C@@H]1NCCc2[nH]ccc21. The lowest BCUT2D eigenvalue weighted by molar-refractivity contribution is 0.394. The van der Waals surface area contributed by atoms with Crippen LogP contribution in [0.2, 0.25) is 0 Å². The first-order valence-electron chi connectivity index (χ1n) is 4.68. The number of aromatic amines is 1. The molecule has 0 aliphatic carbocycles. The molecule has 2 N–H and O–H groups in total. The first-order chi connectivity index (χ1) is 5.79. The van der Waals surface area contributed by atoms with Gasteiger partial charge < -0.3 is 10.3 Å². The van der Waals surface area contributed by atoms with Crippen LogP contribution in [0, 0.1) is 5.92 Å². The molecule has 66 valence electrons. The molecule has 2 rings (SSSR count). The minimum absolute atomic E-state index is 0.556. The third-order valence-corrected chi connectivity index (χ3v) is 2.61. The van der Waals surface area contributed by atoms with Gasteiger partial charge in [0.1, 0.15) is 0 Å². The van der Waals surface area contributed by atoms with E-state index in [-0.39, 0.29) is 0 Å². The second-order valence-corrected chi connectivity index (χ2v) is 3.84.